The molecule has 2 nitrogen and oxygen atoms in total. The maximum atomic E-state index is 5.87. The topological polar surface area (TPSA) is 16.1 Å². The molecule has 1 aromatic heterocycles. The minimum absolute atomic E-state index is 0.584. The van der Waals surface area contributed by atoms with Gasteiger partial charge in [0.2, 0.25) is 0 Å². The first-order valence-corrected chi connectivity index (χ1v) is 5.53. The summed E-state index contributed by atoms with van der Waals surface area (Å²) in [6.07, 6.45) is 5.68. The summed E-state index contributed by atoms with van der Waals surface area (Å²) >= 11 is 5.87. The van der Waals surface area contributed by atoms with Crippen LogP contribution in [0.5, 0.6) is 0 Å². The van der Waals surface area contributed by atoms with Crippen molar-refractivity contribution in [1.82, 2.24) is 4.98 Å². The zero-order valence-corrected chi connectivity index (χ0v) is 9.17. The highest BCUT2D eigenvalue weighted by Gasteiger charge is 2.18. The van der Waals surface area contributed by atoms with Gasteiger partial charge in [0.1, 0.15) is 5.15 Å². The van der Waals surface area contributed by atoms with Gasteiger partial charge >= 0.3 is 0 Å². The number of halogens is 1. The molecule has 0 unspecified atom stereocenters. The Kier molecular flexibility index (Phi) is 2.92. The lowest BCUT2D eigenvalue weighted by Gasteiger charge is -2.35. The fourth-order valence-corrected chi connectivity index (χ4v) is 2.22. The van der Waals surface area contributed by atoms with Gasteiger partial charge in [0.05, 0.1) is 0 Å². The molecule has 0 bridgehead atoms. The van der Waals surface area contributed by atoms with Gasteiger partial charge in [0.25, 0.3) is 0 Å². The number of hydrogen-bond acceptors (Lipinski definition) is 2. The first kappa shape index (κ1) is 9.78. The van der Waals surface area contributed by atoms with Crippen molar-refractivity contribution in [3.8, 4) is 0 Å². The van der Waals surface area contributed by atoms with E-state index in [2.05, 4.69) is 16.8 Å². The zero-order chi connectivity index (χ0) is 9.97. The van der Waals surface area contributed by atoms with Gasteiger partial charge in [-0.25, -0.2) is 4.98 Å². The van der Waals surface area contributed by atoms with Crippen molar-refractivity contribution in [3.05, 3.63) is 23.5 Å². The van der Waals surface area contributed by atoms with Crippen molar-refractivity contribution in [2.75, 3.05) is 11.4 Å². The third-order valence-corrected chi connectivity index (χ3v) is 3.05. The third kappa shape index (κ3) is 2.01. The minimum atomic E-state index is 0.584. The second-order valence-corrected chi connectivity index (χ2v) is 4.26. The molecule has 1 aliphatic rings. The van der Waals surface area contributed by atoms with E-state index in [1.807, 2.05) is 12.1 Å². The summed E-state index contributed by atoms with van der Waals surface area (Å²) in [4.78, 5) is 6.41. The quantitative estimate of drug-likeness (QED) is 0.663. The lowest BCUT2D eigenvalue weighted by atomic mass is 10.0. The summed E-state index contributed by atoms with van der Waals surface area (Å²) < 4.78 is 0. The van der Waals surface area contributed by atoms with E-state index in [-0.39, 0.29) is 0 Å². The Morgan fingerprint density at radius 1 is 1.50 bits per heavy atom. The van der Waals surface area contributed by atoms with Crippen LogP contribution < -0.4 is 4.90 Å². The van der Waals surface area contributed by atoms with Gasteiger partial charge in [-0.05, 0) is 38.3 Å². The highest BCUT2D eigenvalue weighted by molar-refractivity contribution is 6.29. The first-order valence-electron chi connectivity index (χ1n) is 5.15. The van der Waals surface area contributed by atoms with Gasteiger partial charge in [-0.3, -0.25) is 0 Å². The Morgan fingerprint density at radius 3 is 3.07 bits per heavy atom. The van der Waals surface area contributed by atoms with Crippen molar-refractivity contribution in [1.29, 1.82) is 0 Å². The number of pyridine rings is 1. The summed E-state index contributed by atoms with van der Waals surface area (Å²) in [6.45, 7) is 3.41. The molecule has 0 saturated carbocycles. The van der Waals surface area contributed by atoms with E-state index >= 15 is 0 Å². The maximum absolute atomic E-state index is 5.87. The Balaban J connectivity index is 2.20. The van der Waals surface area contributed by atoms with Crippen LogP contribution >= 0.6 is 11.6 Å². The van der Waals surface area contributed by atoms with Gasteiger partial charge in [-0.2, -0.15) is 0 Å². The normalized spacial score (nSPS) is 22.4. The van der Waals surface area contributed by atoms with E-state index < -0.39 is 0 Å². The van der Waals surface area contributed by atoms with Crippen LogP contribution in [0.15, 0.2) is 18.3 Å². The lowest BCUT2D eigenvalue weighted by molar-refractivity contribution is 0.485. The number of anilines is 1. The lowest BCUT2D eigenvalue weighted by Crippen LogP contribution is -2.37. The predicted molar refractivity (Wildman–Crippen MR) is 59.9 cm³/mol. The molecule has 14 heavy (non-hydrogen) atoms. The molecule has 0 aromatic carbocycles. The van der Waals surface area contributed by atoms with Crippen molar-refractivity contribution in [2.24, 2.45) is 0 Å². The molecule has 1 aromatic rings. The van der Waals surface area contributed by atoms with Crippen LogP contribution in [0.1, 0.15) is 26.2 Å². The van der Waals surface area contributed by atoms with Crippen LogP contribution in [0.4, 0.5) is 5.69 Å². The molecule has 0 aliphatic carbocycles. The van der Waals surface area contributed by atoms with Crippen LogP contribution in [0.3, 0.4) is 0 Å². The van der Waals surface area contributed by atoms with E-state index in [1.54, 1.807) is 6.20 Å². The Labute approximate surface area is 89.9 Å². The molecular weight excluding hydrogens is 196 g/mol. The monoisotopic (exact) mass is 210 g/mol. The Bertz CT molecular complexity index is 314. The number of aromatic nitrogens is 1. The standard InChI is InChI=1S/C11H15ClN2/c1-9-4-2-3-7-14(9)10-5-6-13-11(12)8-10/h5-6,8-9H,2-4,7H2,1H3/t9-/m0/s1. The molecule has 1 aliphatic heterocycles. The molecule has 1 fully saturated rings. The van der Waals surface area contributed by atoms with Gasteiger partial charge in [-0.1, -0.05) is 11.6 Å². The minimum Gasteiger partial charge on any atom is -0.369 e. The molecule has 0 amide bonds. The first-order chi connectivity index (χ1) is 6.77. The SMILES string of the molecule is C[C@H]1CCCCN1c1ccnc(Cl)c1. The Morgan fingerprint density at radius 2 is 2.36 bits per heavy atom. The maximum Gasteiger partial charge on any atom is 0.131 e. The van der Waals surface area contributed by atoms with Crippen LogP contribution in [0.25, 0.3) is 0 Å². The molecular formula is C11H15ClN2. The molecule has 3 heteroatoms. The highest BCUT2D eigenvalue weighted by Crippen LogP contribution is 2.25. The molecule has 0 N–H and O–H groups in total. The van der Waals surface area contributed by atoms with Crippen molar-refractivity contribution >= 4 is 17.3 Å². The fraction of sp³-hybridized carbons (Fsp3) is 0.545. The highest BCUT2D eigenvalue weighted by atomic mass is 35.5. The van der Waals surface area contributed by atoms with Crippen LogP contribution in [-0.4, -0.2) is 17.6 Å². The average Bonchev–Trinajstić information content (AvgIpc) is 2.18. The molecule has 0 spiro atoms. The number of piperidine rings is 1. The number of nitrogens with zero attached hydrogens (tertiary/aromatic N) is 2. The molecule has 2 rings (SSSR count). The number of hydrogen-bond donors (Lipinski definition) is 0. The van der Waals surface area contributed by atoms with E-state index in [9.17, 15) is 0 Å². The molecule has 1 atom stereocenters. The smallest absolute Gasteiger partial charge is 0.131 e. The average molecular weight is 211 g/mol. The zero-order valence-electron chi connectivity index (χ0n) is 8.41. The summed E-state index contributed by atoms with van der Waals surface area (Å²) in [7, 11) is 0. The van der Waals surface area contributed by atoms with Crippen LogP contribution in [-0.2, 0) is 0 Å². The third-order valence-electron chi connectivity index (χ3n) is 2.84. The summed E-state index contributed by atoms with van der Waals surface area (Å²) in [5.74, 6) is 0. The van der Waals surface area contributed by atoms with E-state index in [1.165, 1.54) is 24.9 Å². The van der Waals surface area contributed by atoms with Gasteiger partial charge in [-0.15, -0.1) is 0 Å². The summed E-state index contributed by atoms with van der Waals surface area (Å²) in [5, 5.41) is 0.584. The molecule has 76 valence electrons. The van der Waals surface area contributed by atoms with E-state index in [0.717, 1.165) is 6.54 Å². The van der Waals surface area contributed by atoms with E-state index in [0.29, 0.717) is 11.2 Å². The van der Waals surface area contributed by atoms with Crippen molar-refractivity contribution in [3.63, 3.8) is 0 Å². The fourth-order valence-electron chi connectivity index (χ4n) is 2.05. The predicted octanol–water partition coefficient (Wildman–Crippen LogP) is 3.11. The van der Waals surface area contributed by atoms with Crippen LogP contribution in [0.2, 0.25) is 5.15 Å². The van der Waals surface area contributed by atoms with Crippen molar-refractivity contribution in [2.45, 2.75) is 32.2 Å². The van der Waals surface area contributed by atoms with Crippen LogP contribution in [0, 0.1) is 0 Å². The second kappa shape index (κ2) is 4.18. The van der Waals surface area contributed by atoms with Gasteiger partial charge < -0.3 is 4.90 Å². The largest absolute Gasteiger partial charge is 0.369 e. The summed E-state index contributed by atoms with van der Waals surface area (Å²) in [5.41, 5.74) is 1.21. The van der Waals surface area contributed by atoms with Gasteiger partial charge in [0.15, 0.2) is 0 Å². The second-order valence-electron chi connectivity index (χ2n) is 3.87. The Hall–Kier alpha value is -0.760. The van der Waals surface area contributed by atoms with Gasteiger partial charge in [0, 0.05) is 24.5 Å². The molecule has 0 radical (unpaired) electrons. The summed E-state index contributed by atoms with van der Waals surface area (Å²) in [6, 6.07) is 4.61. The molecule has 1 saturated heterocycles. The number of rotatable bonds is 1. The van der Waals surface area contributed by atoms with E-state index in [4.69, 9.17) is 11.6 Å². The molecule has 2 heterocycles. The van der Waals surface area contributed by atoms with Crippen molar-refractivity contribution < 1.29 is 0 Å².